The van der Waals surface area contributed by atoms with Crippen molar-refractivity contribution in [1.29, 1.82) is 0 Å². The quantitative estimate of drug-likeness (QED) is 0.898. The largest absolute Gasteiger partial charge is 0.484 e. The molecule has 0 saturated heterocycles. The van der Waals surface area contributed by atoms with Crippen LogP contribution in [0.4, 0.5) is 4.39 Å². The van der Waals surface area contributed by atoms with Crippen molar-refractivity contribution >= 4 is 0 Å². The van der Waals surface area contributed by atoms with Crippen molar-refractivity contribution in [2.24, 2.45) is 5.73 Å². The second-order valence-corrected chi connectivity index (χ2v) is 3.93. The topological polar surface area (TPSA) is 57.4 Å². The highest BCUT2D eigenvalue weighted by atomic mass is 19.1. The number of nitrogens with two attached hydrogens (primary N) is 1. The lowest BCUT2D eigenvalue weighted by molar-refractivity contribution is 0.283. The fourth-order valence-corrected chi connectivity index (χ4v) is 1.59. The summed E-state index contributed by atoms with van der Waals surface area (Å²) in [6.07, 6.45) is 0. The molecule has 0 atom stereocenters. The van der Waals surface area contributed by atoms with E-state index in [-0.39, 0.29) is 12.4 Å². The van der Waals surface area contributed by atoms with E-state index in [1.54, 1.807) is 30.3 Å². The van der Waals surface area contributed by atoms with E-state index in [2.05, 4.69) is 4.98 Å². The van der Waals surface area contributed by atoms with Crippen molar-refractivity contribution < 1.29 is 13.9 Å². The third kappa shape index (κ3) is 3.42. The third-order valence-electron chi connectivity index (χ3n) is 2.60. The molecule has 2 N–H and O–H groups in total. The number of hydrogen-bond acceptors (Lipinski definition) is 4. The minimum Gasteiger partial charge on any atom is -0.484 e. The molecule has 0 aliphatic carbocycles. The molecule has 1 heterocycles. The van der Waals surface area contributed by atoms with Gasteiger partial charge in [0.2, 0.25) is 5.88 Å². The fourth-order valence-electron chi connectivity index (χ4n) is 1.59. The van der Waals surface area contributed by atoms with Crippen LogP contribution in [0.25, 0.3) is 0 Å². The average molecular weight is 262 g/mol. The van der Waals surface area contributed by atoms with Crippen LogP contribution in [-0.4, -0.2) is 12.1 Å². The van der Waals surface area contributed by atoms with Gasteiger partial charge in [0.1, 0.15) is 6.61 Å². The number of ether oxygens (including phenoxy) is 2. The summed E-state index contributed by atoms with van der Waals surface area (Å²) in [6, 6.07) is 10.00. The molecule has 2 aromatic rings. The van der Waals surface area contributed by atoms with E-state index in [1.165, 1.54) is 13.2 Å². The van der Waals surface area contributed by atoms with E-state index in [4.69, 9.17) is 15.2 Å². The summed E-state index contributed by atoms with van der Waals surface area (Å²) in [5, 5.41) is 0. The molecule has 0 aliphatic rings. The summed E-state index contributed by atoms with van der Waals surface area (Å²) >= 11 is 0. The predicted molar refractivity (Wildman–Crippen MR) is 69.4 cm³/mol. The van der Waals surface area contributed by atoms with Gasteiger partial charge in [-0.3, -0.25) is 0 Å². The van der Waals surface area contributed by atoms with E-state index in [0.29, 0.717) is 18.1 Å². The number of hydrogen-bond donors (Lipinski definition) is 1. The van der Waals surface area contributed by atoms with Crippen LogP contribution in [0.3, 0.4) is 0 Å². The molecule has 19 heavy (non-hydrogen) atoms. The lowest BCUT2D eigenvalue weighted by Gasteiger charge is -2.08. The Hall–Kier alpha value is -2.14. The van der Waals surface area contributed by atoms with Crippen molar-refractivity contribution in [1.82, 2.24) is 4.98 Å². The van der Waals surface area contributed by atoms with Crippen LogP contribution < -0.4 is 15.2 Å². The first-order valence-electron chi connectivity index (χ1n) is 5.84. The molecule has 0 amide bonds. The number of benzene rings is 1. The molecular formula is C14H15FN2O2. The van der Waals surface area contributed by atoms with Gasteiger partial charge >= 0.3 is 0 Å². The van der Waals surface area contributed by atoms with E-state index < -0.39 is 5.82 Å². The van der Waals surface area contributed by atoms with Gasteiger partial charge in [-0.15, -0.1) is 0 Å². The number of aromatic nitrogens is 1. The summed E-state index contributed by atoms with van der Waals surface area (Å²) in [4.78, 5) is 4.18. The number of rotatable bonds is 5. The number of pyridine rings is 1. The molecule has 0 spiro atoms. The lowest BCUT2D eigenvalue weighted by atomic mass is 10.2. The Balaban J connectivity index is 2.05. The molecule has 1 aromatic carbocycles. The SMILES string of the molecule is COc1cccc(COc2ccc(CN)cc2F)n1. The second kappa shape index (κ2) is 6.15. The zero-order chi connectivity index (χ0) is 13.7. The average Bonchev–Trinajstić information content (AvgIpc) is 2.46. The Bertz CT molecular complexity index is 561. The predicted octanol–water partition coefficient (Wildman–Crippen LogP) is 2.27. The molecule has 5 heteroatoms. The van der Waals surface area contributed by atoms with Gasteiger partial charge in [0.25, 0.3) is 0 Å². The van der Waals surface area contributed by atoms with Gasteiger partial charge in [0.05, 0.1) is 12.8 Å². The van der Waals surface area contributed by atoms with Crippen molar-refractivity contribution in [3.8, 4) is 11.6 Å². The Morgan fingerprint density at radius 2 is 2.11 bits per heavy atom. The van der Waals surface area contributed by atoms with Gasteiger partial charge in [-0.05, 0) is 23.8 Å². The van der Waals surface area contributed by atoms with E-state index >= 15 is 0 Å². The standard InChI is InChI=1S/C14H15FN2O2/c1-18-14-4-2-3-11(17-14)9-19-13-6-5-10(8-16)7-12(13)15/h2-7H,8-9,16H2,1H3. The maximum Gasteiger partial charge on any atom is 0.213 e. The zero-order valence-electron chi connectivity index (χ0n) is 10.6. The van der Waals surface area contributed by atoms with Crippen molar-refractivity contribution in [2.45, 2.75) is 13.2 Å². The highest BCUT2D eigenvalue weighted by Gasteiger charge is 2.05. The van der Waals surface area contributed by atoms with E-state index in [0.717, 1.165) is 5.56 Å². The molecule has 0 bridgehead atoms. The number of nitrogens with zero attached hydrogens (tertiary/aromatic N) is 1. The normalized spacial score (nSPS) is 10.3. The molecule has 1 aromatic heterocycles. The van der Waals surface area contributed by atoms with Crippen LogP contribution in [0.15, 0.2) is 36.4 Å². The minimum absolute atomic E-state index is 0.177. The van der Waals surface area contributed by atoms with Gasteiger partial charge in [-0.1, -0.05) is 12.1 Å². The van der Waals surface area contributed by atoms with Gasteiger partial charge in [0, 0.05) is 12.6 Å². The maximum absolute atomic E-state index is 13.7. The Labute approximate surface area is 111 Å². The Kier molecular flexibility index (Phi) is 4.30. The van der Waals surface area contributed by atoms with Crippen LogP contribution in [-0.2, 0) is 13.2 Å². The highest BCUT2D eigenvalue weighted by Crippen LogP contribution is 2.19. The van der Waals surface area contributed by atoms with Crippen molar-refractivity contribution in [3.05, 3.63) is 53.5 Å². The van der Waals surface area contributed by atoms with E-state index in [9.17, 15) is 4.39 Å². The van der Waals surface area contributed by atoms with Crippen LogP contribution in [0, 0.1) is 5.82 Å². The lowest BCUT2D eigenvalue weighted by Crippen LogP contribution is -2.02. The zero-order valence-corrected chi connectivity index (χ0v) is 10.6. The molecule has 4 nitrogen and oxygen atoms in total. The first-order chi connectivity index (χ1) is 9.22. The molecule has 0 radical (unpaired) electrons. The van der Waals surface area contributed by atoms with Crippen LogP contribution in [0.1, 0.15) is 11.3 Å². The van der Waals surface area contributed by atoms with Crippen LogP contribution in [0.5, 0.6) is 11.6 Å². The molecule has 0 aliphatic heterocycles. The summed E-state index contributed by atoms with van der Waals surface area (Å²) in [7, 11) is 1.54. The minimum atomic E-state index is -0.425. The molecule has 100 valence electrons. The summed E-state index contributed by atoms with van der Waals surface area (Å²) in [5.74, 6) is 0.257. The van der Waals surface area contributed by atoms with E-state index in [1.807, 2.05) is 0 Å². The first-order valence-corrected chi connectivity index (χ1v) is 5.84. The van der Waals surface area contributed by atoms with Gasteiger partial charge in [-0.2, -0.15) is 0 Å². The number of methoxy groups -OCH3 is 1. The van der Waals surface area contributed by atoms with Gasteiger partial charge in [-0.25, -0.2) is 9.37 Å². The van der Waals surface area contributed by atoms with Crippen molar-refractivity contribution in [3.63, 3.8) is 0 Å². The van der Waals surface area contributed by atoms with Crippen LogP contribution in [0.2, 0.25) is 0 Å². The first kappa shape index (κ1) is 13.3. The molecule has 0 fully saturated rings. The Morgan fingerprint density at radius 3 is 2.79 bits per heavy atom. The summed E-state index contributed by atoms with van der Waals surface area (Å²) in [5.41, 5.74) is 6.83. The Morgan fingerprint density at radius 1 is 1.26 bits per heavy atom. The summed E-state index contributed by atoms with van der Waals surface area (Å²) in [6.45, 7) is 0.477. The smallest absolute Gasteiger partial charge is 0.213 e. The molecule has 0 saturated carbocycles. The second-order valence-electron chi connectivity index (χ2n) is 3.93. The molecule has 0 unspecified atom stereocenters. The summed E-state index contributed by atoms with van der Waals surface area (Å²) < 4.78 is 24.1. The monoisotopic (exact) mass is 262 g/mol. The number of halogens is 1. The maximum atomic E-state index is 13.7. The molecule has 2 rings (SSSR count). The van der Waals surface area contributed by atoms with Gasteiger partial charge in [0.15, 0.2) is 11.6 Å². The van der Waals surface area contributed by atoms with Crippen molar-refractivity contribution in [2.75, 3.05) is 7.11 Å². The fraction of sp³-hybridized carbons (Fsp3) is 0.214. The highest BCUT2D eigenvalue weighted by molar-refractivity contribution is 5.29. The molecular weight excluding hydrogens is 247 g/mol. The van der Waals surface area contributed by atoms with Crippen LogP contribution >= 0.6 is 0 Å². The third-order valence-corrected chi connectivity index (χ3v) is 2.60. The van der Waals surface area contributed by atoms with Gasteiger partial charge < -0.3 is 15.2 Å².